The number of esters is 1. The van der Waals surface area contributed by atoms with Crippen molar-refractivity contribution in [3.05, 3.63) is 23.8 Å². The summed E-state index contributed by atoms with van der Waals surface area (Å²) < 4.78 is 16.1. The molecule has 0 aromatic carbocycles. The Balaban J connectivity index is 2.38. The van der Waals surface area contributed by atoms with Crippen LogP contribution in [0.4, 0.5) is 0 Å². The maximum absolute atomic E-state index is 11.5. The summed E-state index contributed by atoms with van der Waals surface area (Å²) in [4.78, 5) is 11.5. The van der Waals surface area contributed by atoms with E-state index in [2.05, 4.69) is 6.92 Å². The monoisotopic (exact) mass is 296 g/mol. The van der Waals surface area contributed by atoms with E-state index in [0.29, 0.717) is 13.2 Å². The minimum Gasteiger partial charge on any atom is -0.463 e. The van der Waals surface area contributed by atoms with Crippen molar-refractivity contribution in [2.24, 2.45) is 0 Å². The largest absolute Gasteiger partial charge is 0.463 e. The Kier molecular flexibility index (Phi) is 9.83. The predicted molar refractivity (Wildman–Crippen MR) is 82.9 cm³/mol. The second-order valence-electron chi connectivity index (χ2n) is 5.11. The van der Waals surface area contributed by atoms with E-state index in [1.807, 2.05) is 19.1 Å². The quantitative estimate of drug-likeness (QED) is 0.369. The van der Waals surface area contributed by atoms with Crippen LogP contribution in [0, 0.1) is 0 Å². The van der Waals surface area contributed by atoms with Crippen molar-refractivity contribution >= 4 is 5.97 Å². The Labute approximate surface area is 128 Å². The summed E-state index contributed by atoms with van der Waals surface area (Å²) in [6, 6.07) is 0. The van der Waals surface area contributed by atoms with Gasteiger partial charge in [0, 0.05) is 12.7 Å². The normalized spacial score (nSPS) is 19.9. The van der Waals surface area contributed by atoms with Crippen molar-refractivity contribution < 1.29 is 19.0 Å². The fourth-order valence-corrected chi connectivity index (χ4v) is 2.12. The van der Waals surface area contributed by atoms with E-state index < -0.39 is 0 Å². The lowest BCUT2D eigenvalue weighted by Gasteiger charge is -2.21. The molecule has 0 N–H and O–H groups in total. The van der Waals surface area contributed by atoms with Crippen LogP contribution in [0.5, 0.6) is 0 Å². The standard InChI is InChI=1S/C17H28O4/c1-3-5-9-15(14-16(18)19-4-2)10-8-13-21-17-11-6-7-12-20-17/h8,10,14,17H,3-7,9,11-13H2,1-2H3. The fraction of sp³-hybridized carbons (Fsp3) is 0.706. The van der Waals surface area contributed by atoms with Gasteiger partial charge in [0.25, 0.3) is 0 Å². The van der Waals surface area contributed by atoms with Crippen molar-refractivity contribution in [3.8, 4) is 0 Å². The minimum atomic E-state index is -0.273. The molecule has 1 rings (SSSR count). The van der Waals surface area contributed by atoms with Gasteiger partial charge in [0.1, 0.15) is 0 Å². The Morgan fingerprint density at radius 3 is 2.86 bits per heavy atom. The van der Waals surface area contributed by atoms with Gasteiger partial charge < -0.3 is 14.2 Å². The highest BCUT2D eigenvalue weighted by atomic mass is 16.7. The van der Waals surface area contributed by atoms with Crippen molar-refractivity contribution in [2.45, 2.75) is 58.7 Å². The van der Waals surface area contributed by atoms with Crippen LogP contribution >= 0.6 is 0 Å². The van der Waals surface area contributed by atoms with Crippen LogP contribution < -0.4 is 0 Å². The molecule has 0 aromatic rings. The molecule has 21 heavy (non-hydrogen) atoms. The Morgan fingerprint density at radius 2 is 2.19 bits per heavy atom. The first-order valence-corrected chi connectivity index (χ1v) is 8.03. The third kappa shape index (κ3) is 8.68. The van der Waals surface area contributed by atoms with Crippen LogP contribution in [0.25, 0.3) is 0 Å². The number of allylic oxidation sites excluding steroid dienone is 2. The lowest BCUT2D eigenvalue weighted by molar-refractivity contribution is -0.155. The van der Waals surface area contributed by atoms with E-state index in [4.69, 9.17) is 14.2 Å². The second kappa shape index (κ2) is 11.5. The van der Waals surface area contributed by atoms with Crippen LogP contribution in [0.1, 0.15) is 52.4 Å². The van der Waals surface area contributed by atoms with Gasteiger partial charge in [-0.15, -0.1) is 0 Å². The Bertz CT molecular complexity index is 341. The van der Waals surface area contributed by atoms with Crippen molar-refractivity contribution in [1.82, 2.24) is 0 Å². The van der Waals surface area contributed by atoms with E-state index >= 15 is 0 Å². The molecule has 0 aromatic heterocycles. The molecular weight excluding hydrogens is 268 g/mol. The van der Waals surface area contributed by atoms with E-state index in [9.17, 15) is 4.79 Å². The molecule has 4 heteroatoms. The first-order valence-electron chi connectivity index (χ1n) is 8.03. The molecule has 0 bridgehead atoms. The Morgan fingerprint density at radius 1 is 1.33 bits per heavy atom. The van der Waals surface area contributed by atoms with Crippen LogP contribution in [0.3, 0.4) is 0 Å². The molecule has 0 aliphatic carbocycles. The topological polar surface area (TPSA) is 44.8 Å². The third-order valence-corrected chi connectivity index (χ3v) is 3.26. The molecule has 0 radical (unpaired) electrons. The molecule has 1 atom stereocenters. The second-order valence-corrected chi connectivity index (χ2v) is 5.11. The average molecular weight is 296 g/mol. The van der Waals surface area contributed by atoms with Gasteiger partial charge in [-0.05, 0) is 44.6 Å². The third-order valence-electron chi connectivity index (χ3n) is 3.26. The van der Waals surface area contributed by atoms with Crippen LogP contribution in [0.15, 0.2) is 23.8 Å². The van der Waals surface area contributed by atoms with Crippen LogP contribution in [0.2, 0.25) is 0 Å². The number of ether oxygens (including phenoxy) is 3. The van der Waals surface area contributed by atoms with Crippen molar-refractivity contribution in [1.29, 1.82) is 0 Å². The minimum absolute atomic E-state index is 0.0727. The highest BCUT2D eigenvalue weighted by molar-refractivity contribution is 5.83. The summed E-state index contributed by atoms with van der Waals surface area (Å²) in [6.07, 6.45) is 11.7. The summed E-state index contributed by atoms with van der Waals surface area (Å²) in [6.45, 7) is 5.65. The Hall–Kier alpha value is -1.13. The summed E-state index contributed by atoms with van der Waals surface area (Å²) >= 11 is 0. The van der Waals surface area contributed by atoms with Gasteiger partial charge in [0.2, 0.25) is 0 Å². The fourth-order valence-electron chi connectivity index (χ4n) is 2.12. The van der Waals surface area contributed by atoms with Gasteiger partial charge in [-0.25, -0.2) is 4.79 Å². The smallest absolute Gasteiger partial charge is 0.331 e. The number of hydrogen-bond donors (Lipinski definition) is 0. The van der Waals surface area contributed by atoms with Gasteiger partial charge >= 0.3 is 5.97 Å². The summed E-state index contributed by atoms with van der Waals surface area (Å²) in [5.41, 5.74) is 0.989. The molecule has 0 amide bonds. The van der Waals surface area contributed by atoms with Crippen LogP contribution in [-0.4, -0.2) is 32.1 Å². The van der Waals surface area contributed by atoms with Crippen molar-refractivity contribution in [2.75, 3.05) is 19.8 Å². The predicted octanol–water partition coefficient (Wildman–Crippen LogP) is 3.77. The maximum atomic E-state index is 11.5. The number of unbranched alkanes of at least 4 members (excludes halogenated alkanes) is 1. The average Bonchev–Trinajstić information content (AvgIpc) is 2.50. The molecule has 1 unspecified atom stereocenters. The van der Waals surface area contributed by atoms with E-state index in [0.717, 1.165) is 44.3 Å². The molecule has 4 nitrogen and oxygen atoms in total. The lowest BCUT2D eigenvalue weighted by Crippen LogP contribution is -2.22. The molecule has 1 aliphatic heterocycles. The first kappa shape index (κ1) is 17.9. The van der Waals surface area contributed by atoms with Crippen molar-refractivity contribution in [3.63, 3.8) is 0 Å². The molecular formula is C17H28O4. The maximum Gasteiger partial charge on any atom is 0.331 e. The van der Waals surface area contributed by atoms with E-state index in [-0.39, 0.29) is 12.3 Å². The molecule has 1 saturated heterocycles. The van der Waals surface area contributed by atoms with Gasteiger partial charge in [-0.1, -0.05) is 25.5 Å². The van der Waals surface area contributed by atoms with Gasteiger partial charge in [0.15, 0.2) is 6.29 Å². The molecule has 0 saturated carbocycles. The number of hydrogen-bond acceptors (Lipinski definition) is 4. The number of rotatable bonds is 9. The van der Waals surface area contributed by atoms with Gasteiger partial charge in [-0.3, -0.25) is 0 Å². The zero-order valence-electron chi connectivity index (χ0n) is 13.3. The molecule has 1 aliphatic rings. The molecule has 0 spiro atoms. The highest BCUT2D eigenvalue weighted by Crippen LogP contribution is 2.14. The number of carbonyl (C=O) groups is 1. The zero-order valence-corrected chi connectivity index (χ0v) is 13.3. The first-order chi connectivity index (χ1) is 10.3. The SMILES string of the molecule is CCCCC(C=CCOC1CCCCO1)=CC(=O)OCC. The van der Waals surface area contributed by atoms with Crippen LogP contribution in [-0.2, 0) is 19.0 Å². The number of carbonyl (C=O) groups excluding carboxylic acids is 1. The summed E-state index contributed by atoms with van der Waals surface area (Å²) in [5, 5.41) is 0. The van der Waals surface area contributed by atoms with E-state index in [1.165, 1.54) is 6.42 Å². The molecule has 1 fully saturated rings. The lowest BCUT2D eigenvalue weighted by atomic mass is 10.1. The zero-order chi connectivity index (χ0) is 15.3. The molecule has 120 valence electrons. The highest BCUT2D eigenvalue weighted by Gasteiger charge is 2.12. The summed E-state index contributed by atoms with van der Waals surface area (Å²) in [5.74, 6) is -0.273. The van der Waals surface area contributed by atoms with Gasteiger partial charge in [0.05, 0.1) is 13.2 Å². The summed E-state index contributed by atoms with van der Waals surface area (Å²) in [7, 11) is 0. The van der Waals surface area contributed by atoms with E-state index in [1.54, 1.807) is 6.08 Å². The molecule has 1 heterocycles. The van der Waals surface area contributed by atoms with Gasteiger partial charge in [-0.2, -0.15) is 0 Å².